The molecule has 0 bridgehead atoms. The zero-order valence-corrected chi connectivity index (χ0v) is 15.8. The predicted molar refractivity (Wildman–Crippen MR) is 103 cm³/mol. The number of hydrogen-bond acceptors (Lipinski definition) is 5. The number of hydrogen-bond donors (Lipinski definition) is 0. The largest absolute Gasteiger partial charge is 0.294 e. The average molecular weight is 365 g/mol. The zero-order valence-electron chi connectivity index (χ0n) is 15.8. The maximum atomic E-state index is 12.5. The zero-order chi connectivity index (χ0) is 18.2. The molecule has 0 radical (unpaired) electrons. The lowest BCUT2D eigenvalue weighted by atomic mass is 9.97. The lowest BCUT2D eigenvalue weighted by molar-refractivity contribution is 0.215. The molecule has 6 nitrogen and oxygen atoms in total. The van der Waals surface area contributed by atoms with E-state index in [1.54, 1.807) is 4.68 Å². The van der Waals surface area contributed by atoms with Gasteiger partial charge in [-0.2, -0.15) is 5.10 Å². The summed E-state index contributed by atoms with van der Waals surface area (Å²) in [4.78, 5) is 24.1. The molecule has 2 fully saturated rings. The van der Waals surface area contributed by atoms with Crippen LogP contribution in [0.5, 0.6) is 0 Å². The minimum Gasteiger partial charge on any atom is -0.294 e. The first-order valence-corrected chi connectivity index (χ1v) is 10.4. The van der Waals surface area contributed by atoms with Crippen LogP contribution in [0.1, 0.15) is 67.1 Å². The molecule has 0 amide bonds. The van der Waals surface area contributed by atoms with Crippen molar-refractivity contribution in [2.45, 2.75) is 76.4 Å². The summed E-state index contributed by atoms with van der Waals surface area (Å²) in [5.41, 5.74) is 3.52. The van der Waals surface area contributed by atoms with Crippen LogP contribution in [0.2, 0.25) is 0 Å². The Kier molecular flexibility index (Phi) is 4.52. The summed E-state index contributed by atoms with van der Waals surface area (Å²) < 4.78 is 1.71. The van der Waals surface area contributed by atoms with Crippen molar-refractivity contribution in [3.8, 4) is 0 Å². The molecule has 2 aromatic rings. The second kappa shape index (κ2) is 7.15. The molecule has 3 heterocycles. The third kappa shape index (κ3) is 3.68. The molecule has 2 aliphatic carbocycles. The van der Waals surface area contributed by atoms with Crippen LogP contribution in [0, 0.1) is 0 Å². The van der Waals surface area contributed by atoms with E-state index in [2.05, 4.69) is 14.9 Å². The minimum absolute atomic E-state index is 0.0552. The fourth-order valence-electron chi connectivity index (χ4n) is 4.47. The number of aryl methyl sites for hydroxylation is 2. The van der Waals surface area contributed by atoms with Crippen LogP contribution in [0.25, 0.3) is 0 Å². The van der Waals surface area contributed by atoms with E-state index in [0.29, 0.717) is 18.5 Å². The number of fused-ring (bicyclic) bond motifs is 1. The van der Waals surface area contributed by atoms with Crippen LogP contribution in [0.15, 0.2) is 23.3 Å². The molecule has 142 valence electrons. The molecule has 0 spiro atoms. The standard InChI is InChI=1S/C21H27N5O/c27-20-10-17-4-1-2-6-19(17)24-26(20)14-18-5-3-9-25(18)13-15-11-22-21(23-12-15)16-7-8-16/h10-12,16,18H,1-9,13-14H2. The molecular formula is C21H27N5O. The molecule has 0 aromatic carbocycles. The first kappa shape index (κ1) is 17.0. The van der Waals surface area contributed by atoms with E-state index in [1.165, 1.54) is 37.7 Å². The summed E-state index contributed by atoms with van der Waals surface area (Å²) in [6.07, 6.45) is 13.1. The predicted octanol–water partition coefficient (Wildman–Crippen LogP) is 2.45. The van der Waals surface area contributed by atoms with E-state index >= 15 is 0 Å². The lowest BCUT2D eigenvalue weighted by Gasteiger charge is -2.25. The van der Waals surface area contributed by atoms with Gasteiger partial charge in [-0.3, -0.25) is 9.69 Å². The van der Waals surface area contributed by atoms with Gasteiger partial charge in [-0.15, -0.1) is 0 Å². The number of aromatic nitrogens is 4. The first-order chi connectivity index (χ1) is 13.3. The van der Waals surface area contributed by atoms with Gasteiger partial charge in [0.2, 0.25) is 0 Å². The van der Waals surface area contributed by atoms with Gasteiger partial charge < -0.3 is 0 Å². The molecule has 1 aliphatic heterocycles. The minimum atomic E-state index is 0.0552. The second-order valence-corrected chi connectivity index (χ2v) is 8.33. The van der Waals surface area contributed by atoms with Crippen molar-refractivity contribution in [3.63, 3.8) is 0 Å². The van der Waals surface area contributed by atoms with Gasteiger partial charge in [-0.25, -0.2) is 14.6 Å². The fourth-order valence-corrected chi connectivity index (χ4v) is 4.47. The second-order valence-electron chi connectivity index (χ2n) is 8.33. The highest BCUT2D eigenvalue weighted by atomic mass is 16.1. The average Bonchev–Trinajstić information content (AvgIpc) is 3.45. The van der Waals surface area contributed by atoms with Gasteiger partial charge in [0.1, 0.15) is 5.82 Å². The Morgan fingerprint density at radius 2 is 1.85 bits per heavy atom. The Morgan fingerprint density at radius 1 is 1.04 bits per heavy atom. The molecule has 0 N–H and O–H groups in total. The molecule has 27 heavy (non-hydrogen) atoms. The molecule has 6 heteroatoms. The SMILES string of the molecule is O=c1cc2c(nn1CC1CCCN1Cc1cnc(C3CC3)nc1)CCCC2. The highest BCUT2D eigenvalue weighted by Crippen LogP contribution is 2.37. The van der Waals surface area contributed by atoms with Gasteiger partial charge in [0.05, 0.1) is 12.2 Å². The lowest BCUT2D eigenvalue weighted by Crippen LogP contribution is -2.37. The van der Waals surface area contributed by atoms with Gasteiger partial charge in [0.15, 0.2) is 0 Å². The highest BCUT2D eigenvalue weighted by Gasteiger charge is 2.28. The molecular weight excluding hydrogens is 338 g/mol. The maximum Gasteiger partial charge on any atom is 0.267 e. The van der Waals surface area contributed by atoms with Crippen molar-refractivity contribution in [2.75, 3.05) is 6.54 Å². The molecule has 1 atom stereocenters. The normalized spacial score (nSPS) is 22.7. The summed E-state index contributed by atoms with van der Waals surface area (Å²) in [5, 5.41) is 4.71. The van der Waals surface area contributed by atoms with Gasteiger partial charge in [-0.1, -0.05) is 0 Å². The molecule has 1 unspecified atom stereocenters. The van der Waals surface area contributed by atoms with Crippen molar-refractivity contribution in [2.24, 2.45) is 0 Å². The van der Waals surface area contributed by atoms with Gasteiger partial charge in [0.25, 0.3) is 5.56 Å². The third-order valence-corrected chi connectivity index (χ3v) is 6.21. The van der Waals surface area contributed by atoms with Crippen molar-refractivity contribution in [1.82, 2.24) is 24.6 Å². The summed E-state index contributed by atoms with van der Waals surface area (Å²) in [6, 6.07) is 2.19. The Hall–Kier alpha value is -2.08. The summed E-state index contributed by atoms with van der Waals surface area (Å²) in [6.45, 7) is 2.61. The van der Waals surface area contributed by atoms with E-state index in [0.717, 1.165) is 49.4 Å². The monoisotopic (exact) mass is 365 g/mol. The summed E-state index contributed by atoms with van der Waals surface area (Å²) in [7, 11) is 0. The smallest absolute Gasteiger partial charge is 0.267 e. The van der Waals surface area contributed by atoms with Crippen molar-refractivity contribution < 1.29 is 0 Å². The number of nitrogens with zero attached hydrogens (tertiary/aromatic N) is 5. The number of rotatable bonds is 5. The van der Waals surface area contributed by atoms with Crippen molar-refractivity contribution in [1.29, 1.82) is 0 Å². The van der Waals surface area contributed by atoms with Crippen LogP contribution in [-0.2, 0) is 25.9 Å². The Morgan fingerprint density at radius 3 is 2.67 bits per heavy atom. The fraction of sp³-hybridized carbons (Fsp3) is 0.619. The van der Waals surface area contributed by atoms with Gasteiger partial charge >= 0.3 is 0 Å². The Labute approximate surface area is 159 Å². The van der Waals surface area contributed by atoms with Crippen molar-refractivity contribution in [3.05, 3.63) is 51.5 Å². The van der Waals surface area contributed by atoms with Crippen molar-refractivity contribution >= 4 is 0 Å². The number of likely N-dealkylation sites (tertiary alicyclic amines) is 1. The van der Waals surface area contributed by atoms with Gasteiger partial charge in [0, 0.05) is 42.5 Å². The van der Waals surface area contributed by atoms with E-state index in [-0.39, 0.29) is 5.56 Å². The first-order valence-electron chi connectivity index (χ1n) is 10.4. The highest BCUT2D eigenvalue weighted by molar-refractivity contribution is 5.20. The molecule has 2 aromatic heterocycles. The van der Waals surface area contributed by atoms with Crippen LogP contribution in [0.4, 0.5) is 0 Å². The summed E-state index contributed by atoms with van der Waals surface area (Å²) >= 11 is 0. The van der Waals surface area contributed by atoms with E-state index in [1.807, 2.05) is 18.5 Å². The summed E-state index contributed by atoms with van der Waals surface area (Å²) in [5.74, 6) is 1.60. The maximum absolute atomic E-state index is 12.5. The Bertz CT molecular complexity index is 871. The van der Waals surface area contributed by atoms with Crippen LogP contribution in [-0.4, -0.2) is 37.2 Å². The van der Waals surface area contributed by atoms with E-state index in [4.69, 9.17) is 5.10 Å². The Balaban J connectivity index is 1.29. The molecule has 3 aliphatic rings. The van der Waals surface area contributed by atoms with Crippen LogP contribution in [0.3, 0.4) is 0 Å². The molecule has 1 saturated heterocycles. The molecule has 1 saturated carbocycles. The van der Waals surface area contributed by atoms with Crippen LogP contribution < -0.4 is 5.56 Å². The topological polar surface area (TPSA) is 63.9 Å². The van der Waals surface area contributed by atoms with Crippen LogP contribution >= 0.6 is 0 Å². The molecule has 5 rings (SSSR count). The quantitative estimate of drug-likeness (QED) is 0.814. The van der Waals surface area contributed by atoms with E-state index < -0.39 is 0 Å². The van der Waals surface area contributed by atoms with E-state index in [9.17, 15) is 4.79 Å². The third-order valence-electron chi connectivity index (χ3n) is 6.21. The van der Waals surface area contributed by atoms with Gasteiger partial charge in [-0.05, 0) is 63.5 Å².